The fraction of sp³-hybridized carbons (Fsp3) is 0.278. The third-order valence-corrected chi connectivity index (χ3v) is 3.34. The van der Waals surface area contributed by atoms with Crippen LogP contribution in [-0.2, 0) is 4.79 Å². The van der Waals surface area contributed by atoms with Crippen LogP contribution in [0.2, 0.25) is 0 Å². The van der Waals surface area contributed by atoms with Gasteiger partial charge in [-0.2, -0.15) is 0 Å². The summed E-state index contributed by atoms with van der Waals surface area (Å²) in [6.45, 7) is 3.92. The van der Waals surface area contributed by atoms with E-state index in [1.807, 2.05) is 74.5 Å². The molecular formula is C18H21NO2. The van der Waals surface area contributed by atoms with Crippen LogP contribution in [0.4, 0.5) is 0 Å². The molecule has 0 saturated carbocycles. The largest absolute Gasteiger partial charge is 0.481 e. The molecule has 2 aromatic carbocycles. The maximum Gasteiger partial charge on any atom is 0.261 e. The Hall–Kier alpha value is -2.29. The summed E-state index contributed by atoms with van der Waals surface area (Å²) in [5, 5.41) is 3.00. The molecule has 2 aromatic rings. The van der Waals surface area contributed by atoms with Crippen molar-refractivity contribution in [1.82, 2.24) is 5.32 Å². The molecule has 0 aliphatic heterocycles. The summed E-state index contributed by atoms with van der Waals surface area (Å²) >= 11 is 0. The van der Waals surface area contributed by atoms with Gasteiger partial charge in [-0.05, 0) is 31.0 Å². The van der Waals surface area contributed by atoms with Crippen LogP contribution in [0, 0.1) is 0 Å². The molecule has 3 heteroatoms. The molecule has 1 amide bonds. The van der Waals surface area contributed by atoms with E-state index in [1.54, 1.807) is 0 Å². The van der Waals surface area contributed by atoms with Crippen molar-refractivity contribution in [2.24, 2.45) is 0 Å². The van der Waals surface area contributed by atoms with Crippen LogP contribution in [-0.4, -0.2) is 12.0 Å². The minimum absolute atomic E-state index is 0.0351. The molecule has 110 valence electrons. The highest BCUT2D eigenvalue weighted by molar-refractivity contribution is 5.81. The molecule has 0 heterocycles. The maximum atomic E-state index is 12.3. The molecular weight excluding hydrogens is 262 g/mol. The zero-order valence-electron chi connectivity index (χ0n) is 12.5. The van der Waals surface area contributed by atoms with Crippen molar-refractivity contribution >= 4 is 5.91 Å². The van der Waals surface area contributed by atoms with Gasteiger partial charge in [0.2, 0.25) is 0 Å². The van der Waals surface area contributed by atoms with Crippen LogP contribution in [0.1, 0.15) is 31.9 Å². The Morgan fingerprint density at radius 3 is 2.19 bits per heavy atom. The first-order chi connectivity index (χ1) is 10.2. The lowest BCUT2D eigenvalue weighted by molar-refractivity contribution is -0.128. The van der Waals surface area contributed by atoms with E-state index in [1.165, 1.54) is 0 Å². The van der Waals surface area contributed by atoms with Crippen molar-refractivity contribution < 1.29 is 9.53 Å². The molecule has 0 aliphatic carbocycles. The first-order valence-electron chi connectivity index (χ1n) is 7.27. The Morgan fingerprint density at radius 2 is 1.62 bits per heavy atom. The van der Waals surface area contributed by atoms with Gasteiger partial charge in [-0.15, -0.1) is 0 Å². The van der Waals surface area contributed by atoms with Gasteiger partial charge < -0.3 is 10.1 Å². The molecule has 2 rings (SSSR count). The average Bonchev–Trinajstić information content (AvgIpc) is 2.54. The Bertz CT molecular complexity index is 554. The summed E-state index contributed by atoms with van der Waals surface area (Å²) in [4.78, 5) is 12.3. The summed E-state index contributed by atoms with van der Waals surface area (Å²) in [7, 11) is 0. The fourth-order valence-corrected chi connectivity index (χ4v) is 2.12. The van der Waals surface area contributed by atoms with Crippen LogP contribution in [0.15, 0.2) is 60.7 Å². The summed E-state index contributed by atoms with van der Waals surface area (Å²) in [6.07, 6.45) is 0.154. The topological polar surface area (TPSA) is 38.3 Å². The minimum Gasteiger partial charge on any atom is -0.481 e. The van der Waals surface area contributed by atoms with Crippen LogP contribution in [0.25, 0.3) is 0 Å². The second-order valence-corrected chi connectivity index (χ2v) is 4.97. The van der Waals surface area contributed by atoms with Gasteiger partial charge in [0, 0.05) is 0 Å². The predicted octanol–water partition coefficient (Wildman–Crippen LogP) is 3.72. The lowest BCUT2D eigenvalue weighted by atomic mass is 10.1. The van der Waals surface area contributed by atoms with Gasteiger partial charge in [0.1, 0.15) is 5.75 Å². The van der Waals surface area contributed by atoms with E-state index in [-0.39, 0.29) is 11.9 Å². The molecule has 21 heavy (non-hydrogen) atoms. The Morgan fingerprint density at radius 1 is 1.05 bits per heavy atom. The predicted molar refractivity (Wildman–Crippen MR) is 84.1 cm³/mol. The zero-order chi connectivity index (χ0) is 15.1. The van der Waals surface area contributed by atoms with E-state index in [4.69, 9.17) is 4.74 Å². The van der Waals surface area contributed by atoms with Crippen molar-refractivity contribution in [1.29, 1.82) is 0 Å². The van der Waals surface area contributed by atoms with E-state index in [2.05, 4.69) is 5.32 Å². The first kappa shape index (κ1) is 15.1. The van der Waals surface area contributed by atoms with Crippen molar-refractivity contribution in [3.63, 3.8) is 0 Å². The van der Waals surface area contributed by atoms with Crippen LogP contribution in [0.5, 0.6) is 5.75 Å². The Balaban J connectivity index is 1.97. The molecule has 3 nitrogen and oxygen atoms in total. The van der Waals surface area contributed by atoms with Gasteiger partial charge in [0.05, 0.1) is 6.04 Å². The van der Waals surface area contributed by atoms with E-state index < -0.39 is 6.10 Å². The molecule has 2 unspecified atom stereocenters. The maximum absolute atomic E-state index is 12.3. The molecule has 1 N–H and O–H groups in total. The molecule has 0 aliphatic rings. The molecule has 0 aromatic heterocycles. The molecule has 2 atom stereocenters. The zero-order valence-corrected chi connectivity index (χ0v) is 12.5. The second-order valence-electron chi connectivity index (χ2n) is 4.97. The number of nitrogens with one attached hydrogen (secondary N) is 1. The van der Waals surface area contributed by atoms with Crippen molar-refractivity contribution in [2.45, 2.75) is 32.4 Å². The lowest BCUT2D eigenvalue weighted by Gasteiger charge is -2.20. The standard InChI is InChI=1S/C18H21NO2/c1-3-17(21-16-12-8-5-9-13-16)18(20)19-14(2)15-10-6-4-7-11-15/h4-14,17H,3H2,1-2H3,(H,19,20). The Kier molecular flexibility index (Phi) is 5.38. The lowest BCUT2D eigenvalue weighted by Crippen LogP contribution is -2.39. The van der Waals surface area contributed by atoms with Gasteiger partial charge in [0.15, 0.2) is 6.10 Å². The van der Waals surface area contributed by atoms with Gasteiger partial charge in [-0.3, -0.25) is 4.79 Å². The highest BCUT2D eigenvalue weighted by atomic mass is 16.5. The monoisotopic (exact) mass is 283 g/mol. The SMILES string of the molecule is CCC(Oc1ccccc1)C(=O)NC(C)c1ccccc1. The molecule has 0 saturated heterocycles. The van der Waals surface area contributed by atoms with E-state index >= 15 is 0 Å². The number of hydrogen-bond donors (Lipinski definition) is 1. The number of ether oxygens (including phenoxy) is 1. The number of rotatable bonds is 6. The normalized spacial score (nSPS) is 13.2. The molecule has 0 spiro atoms. The Labute approximate surface area is 126 Å². The van der Waals surface area contributed by atoms with Gasteiger partial charge in [-0.1, -0.05) is 55.5 Å². The van der Waals surface area contributed by atoms with Gasteiger partial charge >= 0.3 is 0 Å². The van der Waals surface area contributed by atoms with E-state index in [0.717, 1.165) is 5.56 Å². The van der Waals surface area contributed by atoms with Crippen molar-refractivity contribution in [3.8, 4) is 5.75 Å². The average molecular weight is 283 g/mol. The summed E-state index contributed by atoms with van der Waals surface area (Å²) in [5.41, 5.74) is 1.08. The van der Waals surface area contributed by atoms with Crippen molar-refractivity contribution in [2.75, 3.05) is 0 Å². The first-order valence-corrected chi connectivity index (χ1v) is 7.27. The summed E-state index contributed by atoms with van der Waals surface area (Å²) < 4.78 is 5.75. The smallest absolute Gasteiger partial charge is 0.261 e. The fourth-order valence-electron chi connectivity index (χ4n) is 2.12. The highest BCUT2D eigenvalue weighted by Crippen LogP contribution is 2.15. The number of benzene rings is 2. The van der Waals surface area contributed by atoms with E-state index in [9.17, 15) is 4.79 Å². The number of amides is 1. The van der Waals surface area contributed by atoms with Gasteiger partial charge in [0.25, 0.3) is 5.91 Å². The molecule has 0 radical (unpaired) electrons. The number of carbonyl (C=O) groups is 1. The quantitative estimate of drug-likeness (QED) is 0.877. The van der Waals surface area contributed by atoms with Gasteiger partial charge in [-0.25, -0.2) is 0 Å². The third-order valence-electron chi connectivity index (χ3n) is 3.34. The summed E-state index contributed by atoms with van der Waals surface area (Å²) in [5.74, 6) is 0.629. The minimum atomic E-state index is -0.474. The van der Waals surface area contributed by atoms with Crippen LogP contribution >= 0.6 is 0 Å². The van der Waals surface area contributed by atoms with E-state index in [0.29, 0.717) is 12.2 Å². The summed E-state index contributed by atoms with van der Waals surface area (Å²) in [6, 6.07) is 19.3. The highest BCUT2D eigenvalue weighted by Gasteiger charge is 2.20. The van der Waals surface area contributed by atoms with Crippen LogP contribution in [0.3, 0.4) is 0 Å². The molecule has 0 fully saturated rings. The number of carbonyl (C=O) groups excluding carboxylic acids is 1. The van der Waals surface area contributed by atoms with Crippen molar-refractivity contribution in [3.05, 3.63) is 66.2 Å². The second kappa shape index (κ2) is 7.48. The molecule has 0 bridgehead atoms. The number of para-hydroxylation sites is 1. The van der Waals surface area contributed by atoms with Crippen LogP contribution < -0.4 is 10.1 Å². The number of hydrogen-bond acceptors (Lipinski definition) is 2. The third kappa shape index (κ3) is 4.35.